The molecule has 3 fully saturated rings. The van der Waals surface area contributed by atoms with Gasteiger partial charge in [0.05, 0.1) is 0 Å². The Morgan fingerprint density at radius 3 is 2.79 bits per heavy atom. The SMILES string of the molecule is CN1[C@H]2CC[C@]1(C)CN(CC1CON=C(C3(C)CCNCC3)O1)C2. The Morgan fingerprint density at radius 1 is 1.25 bits per heavy atom. The predicted molar refractivity (Wildman–Crippen MR) is 94.1 cm³/mol. The molecule has 0 aromatic heterocycles. The minimum atomic E-state index is 0.0248. The first-order valence-corrected chi connectivity index (χ1v) is 9.52. The van der Waals surface area contributed by atoms with E-state index in [2.05, 4.69) is 41.2 Å². The minimum absolute atomic E-state index is 0.0248. The van der Waals surface area contributed by atoms with Crippen molar-refractivity contribution in [1.29, 1.82) is 0 Å². The minimum Gasteiger partial charge on any atom is -0.470 e. The van der Waals surface area contributed by atoms with Crippen LogP contribution in [0.25, 0.3) is 0 Å². The van der Waals surface area contributed by atoms with Crippen LogP contribution in [0.3, 0.4) is 0 Å². The highest BCUT2D eigenvalue weighted by atomic mass is 16.7. The average molecular weight is 336 g/mol. The number of ether oxygens (including phenoxy) is 1. The van der Waals surface area contributed by atoms with Crippen LogP contribution in [0.15, 0.2) is 5.16 Å². The van der Waals surface area contributed by atoms with E-state index in [1.54, 1.807) is 0 Å². The first kappa shape index (κ1) is 16.6. The second-order valence-electron chi connectivity index (χ2n) is 8.74. The number of oxime groups is 1. The smallest absolute Gasteiger partial charge is 0.232 e. The van der Waals surface area contributed by atoms with Gasteiger partial charge >= 0.3 is 0 Å². The number of piperazine rings is 1. The molecule has 0 saturated carbocycles. The molecule has 1 N–H and O–H groups in total. The van der Waals surface area contributed by atoms with Crippen LogP contribution in [0.1, 0.15) is 39.5 Å². The molecule has 3 atom stereocenters. The zero-order valence-corrected chi connectivity index (χ0v) is 15.4. The number of likely N-dealkylation sites (N-methyl/N-ethyl adjacent to an activating group) is 1. The third kappa shape index (κ3) is 2.93. The maximum absolute atomic E-state index is 6.32. The Balaban J connectivity index is 1.37. The van der Waals surface area contributed by atoms with Gasteiger partial charge in [0, 0.05) is 36.6 Å². The summed E-state index contributed by atoms with van der Waals surface area (Å²) in [4.78, 5) is 10.7. The number of piperidine rings is 1. The van der Waals surface area contributed by atoms with Crippen molar-refractivity contribution in [3.63, 3.8) is 0 Å². The molecule has 4 aliphatic rings. The summed E-state index contributed by atoms with van der Waals surface area (Å²) < 4.78 is 6.32. The lowest BCUT2D eigenvalue weighted by Gasteiger charge is -2.46. The van der Waals surface area contributed by atoms with Gasteiger partial charge in [-0.15, -0.1) is 0 Å². The van der Waals surface area contributed by atoms with E-state index in [0.717, 1.165) is 51.5 Å². The van der Waals surface area contributed by atoms with Crippen molar-refractivity contribution in [2.45, 2.75) is 57.2 Å². The van der Waals surface area contributed by atoms with Crippen molar-refractivity contribution < 1.29 is 9.57 Å². The molecule has 2 bridgehead atoms. The first-order valence-electron chi connectivity index (χ1n) is 9.52. The van der Waals surface area contributed by atoms with E-state index in [-0.39, 0.29) is 11.5 Å². The fourth-order valence-corrected chi connectivity index (χ4v) is 4.89. The highest BCUT2D eigenvalue weighted by Crippen LogP contribution is 2.38. The molecule has 6 nitrogen and oxygen atoms in total. The summed E-state index contributed by atoms with van der Waals surface area (Å²) in [5, 5.41) is 7.69. The molecule has 136 valence electrons. The first-order chi connectivity index (χ1) is 11.5. The monoisotopic (exact) mass is 336 g/mol. The lowest BCUT2D eigenvalue weighted by atomic mass is 9.80. The molecular formula is C18H32N4O2. The van der Waals surface area contributed by atoms with Crippen LogP contribution in [0.5, 0.6) is 0 Å². The number of rotatable bonds is 3. The molecule has 1 unspecified atom stereocenters. The Morgan fingerprint density at radius 2 is 2.04 bits per heavy atom. The van der Waals surface area contributed by atoms with Gasteiger partial charge in [-0.2, -0.15) is 0 Å². The second kappa shape index (κ2) is 6.15. The van der Waals surface area contributed by atoms with E-state index in [1.165, 1.54) is 12.8 Å². The van der Waals surface area contributed by atoms with Crippen molar-refractivity contribution in [1.82, 2.24) is 15.1 Å². The highest BCUT2D eigenvalue weighted by Gasteiger charge is 2.47. The van der Waals surface area contributed by atoms with Gasteiger partial charge in [-0.3, -0.25) is 9.80 Å². The molecular weight excluding hydrogens is 304 g/mol. The molecule has 24 heavy (non-hydrogen) atoms. The van der Waals surface area contributed by atoms with Gasteiger partial charge in [0.2, 0.25) is 5.90 Å². The molecule has 6 heteroatoms. The van der Waals surface area contributed by atoms with Crippen molar-refractivity contribution in [3.05, 3.63) is 0 Å². The largest absolute Gasteiger partial charge is 0.470 e. The van der Waals surface area contributed by atoms with E-state index in [9.17, 15) is 0 Å². The predicted octanol–water partition coefficient (Wildman–Crippen LogP) is 1.27. The Labute approximate surface area is 145 Å². The van der Waals surface area contributed by atoms with Gasteiger partial charge in [-0.25, -0.2) is 0 Å². The number of fused-ring (bicyclic) bond motifs is 2. The summed E-state index contributed by atoms with van der Waals surface area (Å²) in [6.07, 6.45) is 4.87. The summed E-state index contributed by atoms with van der Waals surface area (Å²) in [6, 6.07) is 0.698. The Bertz CT molecular complexity index is 505. The number of nitrogens with one attached hydrogen (secondary N) is 1. The van der Waals surface area contributed by atoms with Gasteiger partial charge in [0.1, 0.15) is 6.10 Å². The van der Waals surface area contributed by atoms with Gasteiger partial charge in [-0.05, 0) is 52.7 Å². The van der Waals surface area contributed by atoms with Crippen LogP contribution in [-0.4, -0.2) is 79.8 Å². The highest BCUT2D eigenvalue weighted by molar-refractivity contribution is 5.82. The lowest BCUT2D eigenvalue weighted by molar-refractivity contribution is -0.0411. The van der Waals surface area contributed by atoms with Crippen molar-refractivity contribution in [3.8, 4) is 0 Å². The zero-order valence-electron chi connectivity index (χ0n) is 15.4. The molecule has 0 aromatic rings. The molecule has 0 radical (unpaired) electrons. The summed E-state index contributed by atoms with van der Waals surface area (Å²) in [5.74, 6) is 0.823. The summed E-state index contributed by atoms with van der Waals surface area (Å²) in [7, 11) is 2.29. The van der Waals surface area contributed by atoms with Crippen LogP contribution in [-0.2, 0) is 9.57 Å². The Kier molecular flexibility index (Phi) is 4.25. The molecule has 4 aliphatic heterocycles. The zero-order chi connectivity index (χ0) is 16.8. The topological polar surface area (TPSA) is 49.3 Å². The number of nitrogens with zero attached hydrogens (tertiary/aromatic N) is 3. The molecule has 4 rings (SSSR count). The third-order valence-corrected chi connectivity index (χ3v) is 6.82. The quantitative estimate of drug-likeness (QED) is 0.841. The van der Waals surface area contributed by atoms with Gasteiger partial charge < -0.3 is 14.9 Å². The van der Waals surface area contributed by atoms with E-state index < -0.39 is 0 Å². The number of hydrogen-bond acceptors (Lipinski definition) is 6. The summed E-state index contributed by atoms with van der Waals surface area (Å²) in [5.41, 5.74) is 0.355. The normalized spacial score (nSPS) is 39.9. The molecule has 0 aliphatic carbocycles. The van der Waals surface area contributed by atoms with Gasteiger partial charge in [0.15, 0.2) is 6.61 Å². The van der Waals surface area contributed by atoms with Crippen molar-refractivity contribution >= 4 is 5.90 Å². The van der Waals surface area contributed by atoms with Gasteiger partial charge in [-0.1, -0.05) is 12.1 Å². The van der Waals surface area contributed by atoms with E-state index in [0.29, 0.717) is 18.2 Å². The van der Waals surface area contributed by atoms with Crippen molar-refractivity contribution in [2.75, 3.05) is 46.4 Å². The third-order valence-electron chi connectivity index (χ3n) is 6.82. The standard InChI is InChI=1S/C18H32N4O2/c1-17(6-8-19-9-7-17)16-20-23-12-15(24-16)11-22-10-14-4-5-18(2,13-22)21(14)3/h14-15,19H,4-13H2,1-3H3/t14-,15?,18+/m0/s1. The van der Waals surface area contributed by atoms with Crippen LogP contribution >= 0.6 is 0 Å². The van der Waals surface area contributed by atoms with Crippen LogP contribution in [0.2, 0.25) is 0 Å². The fraction of sp³-hybridized carbons (Fsp3) is 0.944. The van der Waals surface area contributed by atoms with Crippen molar-refractivity contribution in [2.24, 2.45) is 10.6 Å². The number of likely N-dealkylation sites (tertiary alicyclic amines) is 1. The molecule has 0 amide bonds. The lowest BCUT2D eigenvalue weighted by Crippen LogP contribution is -2.60. The molecule has 3 saturated heterocycles. The van der Waals surface area contributed by atoms with E-state index in [1.807, 2.05) is 0 Å². The molecule has 0 spiro atoms. The Hall–Kier alpha value is -0.850. The summed E-state index contributed by atoms with van der Waals surface area (Å²) in [6.45, 7) is 10.5. The van der Waals surface area contributed by atoms with Crippen LogP contribution in [0.4, 0.5) is 0 Å². The van der Waals surface area contributed by atoms with Crippen LogP contribution in [0, 0.1) is 5.41 Å². The van der Waals surface area contributed by atoms with Crippen LogP contribution < -0.4 is 5.32 Å². The maximum Gasteiger partial charge on any atom is 0.232 e. The fourth-order valence-electron chi connectivity index (χ4n) is 4.89. The van der Waals surface area contributed by atoms with E-state index in [4.69, 9.17) is 9.57 Å². The van der Waals surface area contributed by atoms with Gasteiger partial charge in [0.25, 0.3) is 0 Å². The van der Waals surface area contributed by atoms with E-state index >= 15 is 0 Å². The number of hydrogen-bond donors (Lipinski definition) is 1. The molecule has 0 aromatic carbocycles. The average Bonchev–Trinajstić information content (AvgIpc) is 2.74. The molecule has 4 heterocycles. The second-order valence-corrected chi connectivity index (χ2v) is 8.74. The summed E-state index contributed by atoms with van der Waals surface area (Å²) >= 11 is 0. The maximum atomic E-state index is 6.32.